The zero-order valence-electron chi connectivity index (χ0n) is 6.93. The van der Waals surface area contributed by atoms with Crippen LogP contribution in [-0.4, -0.2) is 17.1 Å². The van der Waals surface area contributed by atoms with Gasteiger partial charge in [-0.25, -0.2) is 0 Å². The SMILES string of the molecule is OC(CCCl)C1CCCCC1. The van der Waals surface area contributed by atoms with Crippen LogP contribution in [0.25, 0.3) is 0 Å². The molecule has 0 amide bonds. The predicted octanol–water partition coefficient (Wildman–Crippen LogP) is 2.56. The van der Waals surface area contributed by atoms with Gasteiger partial charge in [0.15, 0.2) is 0 Å². The van der Waals surface area contributed by atoms with Gasteiger partial charge >= 0.3 is 0 Å². The van der Waals surface area contributed by atoms with Crippen molar-refractivity contribution < 1.29 is 5.11 Å². The van der Waals surface area contributed by atoms with E-state index in [4.69, 9.17) is 11.6 Å². The summed E-state index contributed by atoms with van der Waals surface area (Å²) in [7, 11) is 0. The van der Waals surface area contributed by atoms with Crippen molar-refractivity contribution in [2.75, 3.05) is 5.88 Å². The van der Waals surface area contributed by atoms with Crippen LogP contribution >= 0.6 is 11.6 Å². The molecule has 1 fully saturated rings. The number of hydrogen-bond donors (Lipinski definition) is 1. The van der Waals surface area contributed by atoms with E-state index in [0.717, 1.165) is 6.42 Å². The van der Waals surface area contributed by atoms with Gasteiger partial charge in [0, 0.05) is 5.88 Å². The second-order valence-electron chi connectivity index (χ2n) is 3.44. The number of halogens is 1. The van der Waals surface area contributed by atoms with Crippen LogP contribution < -0.4 is 0 Å². The molecule has 1 aliphatic carbocycles. The molecule has 0 aromatic rings. The van der Waals surface area contributed by atoms with Crippen molar-refractivity contribution >= 4 is 11.6 Å². The maximum atomic E-state index is 9.59. The monoisotopic (exact) mass is 176 g/mol. The molecule has 1 aliphatic rings. The lowest BCUT2D eigenvalue weighted by Crippen LogP contribution is -2.23. The van der Waals surface area contributed by atoms with Crippen molar-refractivity contribution in [3.63, 3.8) is 0 Å². The molecule has 1 N–H and O–H groups in total. The lowest BCUT2D eigenvalue weighted by Gasteiger charge is -2.25. The molecule has 0 aromatic heterocycles. The van der Waals surface area contributed by atoms with Crippen molar-refractivity contribution in [1.29, 1.82) is 0 Å². The Hall–Kier alpha value is 0.250. The first-order chi connectivity index (χ1) is 5.34. The Morgan fingerprint density at radius 1 is 1.27 bits per heavy atom. The molecule has 0 spiro atoms. The largest absolute Gasteiger partial charge is 0.393 e. The van der Waals surface area contributed by atoms with Gasteiger partial charge in [-0.15, -0.1) is 11.6 Å². The van der Waals surface area contributed by atoms with Gasteiger partial charge < -0.3 is 5.11 Å². The van der Waals surface area contributed by atoms with Crippen LogP contribution in [0.4, 0.5) is 0 Å². The average Bonchev–Trinajstić information content (AvgIpc) is 2.07. The Balaban J connectivity index is 2.21. The molecule has 2 heteroatoms. The standard InChI is InChI=1S/C9H17ClO/c10-7-6-9(11)8-4-2-1-3-5-8/h8-9,11H,1-7H2. The third-order valence-electron chi connectivity index (χ3n) is 2.60. The Bertz CT molecular complexity index is 99.7. The summed E-state index contributed by atoms with van der Waals surface area (Å²) in [6.07, 6.45) is 6.99. The molecule has 1 nitrogen and oxygen atoms in total. The molecule has 0 saturated heterocycles. The fraction of sp³-hybridized carbons (Fsp3) is 1.00. The number of rotatable bonds is 3. The van der Waals surface area contributed by atoms with E-state index in [-0.39, 0.29) is 6.10 Å². The summed E-state index contributed by atoms with van der Waals surface area (Å²) in [5, 5.41) is 9.59. The second-order valence-corrected chi connectivity index (χ2v) is 3.82. The highest BCUT2D eigenvalue weighted by atomic mass is 35.5. The average molecular weight is 177 g/mol. The van der Waals surface area contributed by atoms with Gasteiger partial charge in [0.05, 0.1) is 6.10 Å². The quantitative estimate of drug-likeness (QED) is 0.656. The molecule has 11 heavy (non-hydrogen) atoms. The van der Waals surface area contributed by atoms with E-state index in [2.05, 4.69) is 0 Å². The highest BCUT2D eigenvalue weighted by molar-refractivity contribution is 6.17. The molecule has 1 unspecified atom stereocenters. The van der Waals surface area contributed by atoms with Gasteiger partial charge in [0.1, 0.15) is 0 Å². The minimum Gasteiger partial charge on any atom is -0.393 e. The molecule has 0 aliphatic heterocycles. The minimum atomic E-state index is -0.132. The number of alkyl halides is 1. The van der Waals surface area contributed by atoms with Gasteiger partial charge in [-0.2, -0.15) is 0 Å². The van der Waals surface area contributed by atoms with Crippen molar-refractivity contribution in [2.24, 2.45) is 5.92 Å². The smallest absolute Gasteiger partial charge is 0.0579 e. The van der Waals surface area contributed by atoms with Crippen LogP contribution in [0.3, 0.4) is 0 Å². The summed E-state index contributed by atoms with van der Waals surface area (Å²) in [6, 6.07) is 0. The number of hydrogen-bond acceptors (Lipinski definition) is 1. The van der Waals surface area contributed by atoms with Crippen molar-refractivity contribution in [2.45, 2.75) is 44.6 Å². The second kappa shape index (κ2) is 5.00. The summed E-state index contributed by atoms with van der Waals surface area (Å²) in [6.45, 7) is 0. The molecule has 66 valence electrons. The Labute approximate surface area is 73.8 Å². The van der Waals surface area contributed by atoms with E-state index in [9.17, 15) is 5.11 Å². The predicted molar refractivity (Wildman–Crippen MR) is 47.9 cm³/mol. The molecule has 0 bridgehead atoms. The first kappa shape index (κ1) is 9.34. The molecular formula is C9H17ClO. The van der Waals surface area contributed by atoms with Crippen LogP contribution in [0.2, 0.25) is 0 Å². The lowest BCUT2D eigenvalue weighted by molar-refractivity contribution is 0.0823. The van der Waals surface area contributed by atoms with Gasteiger partial charge in [-0.05, 0) is 25.2 Å². The third-order valence-corrected chi connectivity index (χ3v) is 2.82. The van der Waals surface area contributed by atoms with E-state index >= 15 is 0 Å². The van der Waals surface area contributed by atoms with Crippen molar-refractivity contribution in [3.05, 3.63) is 0 Å². The first-order valence-electron chi connectivity index (χ1n) is 4.58. The van der Waals surface area contributed by atoms with Crippen molar-refractivity contribution in [3.8, 4) is 0 Å². The van der Waals surface area contributed by atoms with E-state index < -0.39 is 0 Å². The molecular weight excluding hydrogens is 160 g/mol. The number of aliphatic hydroxyl groups is 1. The van der Waals surface area contributed by atoms with E-state index in [0.29, 0.717) is 11.8 Å². The Morgan fingerprint density at radius 2 is 1.91 bits per heavy atom. The Morgan fingerprint density at radius 3 is 2.45 bits per heavy atom. The number of aliphatic hydroxyl groups excluding tert-OH is 1. The van der Waals surface area contributed by atoms with Crippen LogP contribution in [0.1, 0.15) is 38.5 Å². The topological polar surface area (TPSA) is 20.2 Å². The normalized spacial score (nSPS) is 23.5. The fourth-order valence-corrected chi connectivity index (χ4v) is 2.09. The molecule has 0 radical (unpaired) electrons. The van der Waals surface area contributed by atoms with Gasteiger partial charge in [0.25, 0.3) is 0 Å². The molecule has 1 rings (SSSR count). The maximum absolute atomic E-state index is 9.59. The third kappa shape index (κ3) is 3.00. The fourth-order valence-electron chi connectivity index (χ4n) is 1.87. The van der Waals surface area contributed by atoms with Gasteiger partial charge in [-0.1, -0.05) is 19.3 Å². The molecule has 1 saturated carbocycles. The highest BCUT2D eigenvalue weighted by Gasteiger charge is 2.20. The lowest BCUT2D eigenvalue weighted by atomic mass is 9.84. The molecule has 0 aromatic carbocycles. The zero-order valence-corrected chi connectivity index (χ0v) is 7.69. The van der Waals surface area contributed by atoms with Gasteiger partial charge in [0.2, 0.25) is 0 Å². The molecule has 1 atom stereocenters. The summed E-state index contributed by atoms with van der Waals surface area (Å²) in [5.74, 6) is 1.14. The van der Waals surface area contributed by atoms with Crippen LogP contribution in [0.5, 0.6) is 0 Å². The van der Waals surface area contributed by atoms with E-state index in [1.165, 1.54) is 32.1 Å². The van der Waals surface area contributed by atoms with E-state index in [1.807, 2.05) is 0 Å². The van der Waals surface area contributed by atoms with Crippen LogP contribution in [0.15, 0.2) is 0 Å². The summed E-state index contributed by atoms with van der Waals surface area (Å²) >= 11 is 5.56. The minimum absolute atomic E-state index is 0.132. The zero-order chi connectivity index (χ0) is 8.10. The van der Waals surface area contributed by atoms with Crippen molar-refractivity contribution in [1.82, 2.24) is 0 Å². The summed E-state index contributed by atoms with van der Waals surface area (Å²) in [4.78, 5) is 0. The molecule has 0 heterocycles. The van der Waals surface area contributed by atoms with Gasteiger partial charge in [-0.3, -0.25) is 0 Å². The Kier molecular flexibility index (Phi) is 4.24. The highest BCUT2D eigenvalue weighted by Crippen LogP contribution is 2.27. The van der Waals surface area contributed by atoms with E-state index in [1.54, 1.807) is 0 Å². The maximum Gasteiger partial charge on any atom is 0.0579 e. The summed E-state index contributed by atoms with van der Waals surface area (Å²) < 4.78 is 0. The van der Waals surface area contributed by atoms with Crippen LogP contribution in [-0.2, 0) is 0 Å². The first-order valence-corrected chi connectivity index (χ1v) is 5.12. The summed E-state index contributed by atoms with van der Waals surface area (Å²) in [5.41, 5.74) is 0. The van der Waals surface area contributed by atoms with Crippen LogP contribution in [0, 0.1) is 5.92 Å².